The molecule has 0 nitrogen and oxygen atoms in total. The Balaban J connectivity index is 1.04. The van der Waals surface area contributed by atoms with Crippen LogP contribution in [0.15, 0.2) is 206 Å². The highest BCUT2D eigenvalue weighted by atomic mass is 14.2. The van der Waals surface area contributed by atoms with Gasteiger partial charge in [0, 0.05) is 0 Å². The summed E-state index contributed by atoms with van der Waals surface area (Å²) in [6.07, 6.45) is 0. The van der Waals surface area contributed by atoms with Crippen LogP contribution in [0.4, 0.5) is 0 Å². The van der Waals surface area contributed by atoms with Gasteiger partial charge >= 0.3 is 0 Å². The van der Waals surface area contributed by atoms with E-state index in [1.165, 1.54) is 109 Å². The summed E-state index contributed by atoms with van der Waals surface area (Å²) in [5, 5.41) is 15.3. The summed E-state index contributed by atoms with van der Waals surface area (Å²) < 4.78 is 0. The van der Waals surface area contributed by atoms with Crippen molar-refractivity contribution in [1.29, 1.82) is 0 Å². The second-order valence-corrected chi connectivity index (χ2v) is 14.4. The molecule has 0 spiro atoms. The molecule has 11 aromatic carbocycles. The van der Waals surface area contributed by atoms with Gasteiger partial charge in [0.2, 0.25) is 0 Å². The molecule has 0 aliphatic heterocycles. The van der Waals surface area contributed by atoms with Crippen molar-refractivity contribution in [3.63, 3.8) is 0 Å². The van der Waals surface area contributed by atoms with Crippen molar-refractivity contribution < 1.29 is 0 Å². The maximum Gasteiger partial charge on any atom is -0.00923 e. The van der Waals surface area contributed by atoms with Crippen LogP contribution in [0.5, 0.6) is 0 Å². The Bertz CT molecular complexity index is 3240. The lowest BCUT2D eigenvalue weighted by Gasteiger charge is -2.17. The molecule has 0 heteroatoms. The highest BCUT2D eigenvalue weighted by Gasteiger charge is 2.15. The van der Waals surface area contributed by atoms with Crippen molar-refractivity contribution in [2.24, 2.45) is 0 Å². The normalized spacial score (nSPS) is 11.7. The smallest absolute Gasteiger partial charge is 0.00923 e. The largest absolute Gasteiger partial charge is 0.0616 e. The van der Waals surface area contributed by atoms with E-state index in [0.717, 1.165) is 0 Å². The zero-order chi connectivity index (χ0) is 35.6. The summed E-state index contributed by atoms with van der Waals surface area (Å²) in [7, 11) is 0. The van der Waals surface area contributed by atoms with Crippen LogP contribution in [0.3, 0.4) is 0 Å². The average Bonchev–Trinajstić information content (AvgIpc) is 3.25. The van der Waals surface area contributed by atoms with Gasteiger partial charge in [-0.15, -0.1) is 0 Å². The second-order valence-electron chi connectivity index (χ2n) is 14.4. The second kappa shape index (κ2) is 12.3. The molecule has 54 heavy (non-hydrogen) atoms. The molecule has 0 amide bonds. The Kier molecular flexibility index (Phi) is 6.97. The van der Waals surface area contributed by atoms with Gasteiger partial charge in [0.1, 0.15) is 0 Å². The molecule has 0 atom stereocenters. The maximum absolute atomic E-state index is 2.42. The molecule has 0 aliphatic rings. The van der Waals surface area contributed by atoms with Crippen LogP contribution in [0.1, 0.15) is 0 Å². The fraction of sp³-hybridized carbons (Fsp3) is 0. The molecular formula is C54H34. The molecule has 0 saturated heterocycles. The van der Waals surface area contributed by atoms with Gasteiger partial charge < -0.3 is 0 Å². The monoisotopic (exact) mass is 682 g/mol. The summed E-state index contributed by atoms with van der Waals surface area (Å²) in [4.78, 5) is 0. The zero-order valence-electron chi connectivity index (χ0n) is 29.6. The molecule has 0 bridgehead atoms. The van der Waals surface area contributed by atoms with Gasteiger partial charge in [0.25, 0.3) is 0 Å². The maximum atomic E-state index is 2.42. The van der Waals surface area contributed by atoms with E-state index < -0.39 is 0 Å². The third-order valence-corrected chi connectivity index (χ3v) is 11.4. The summed E-state index contributed by atoms with van der Waals surface area (Å²) in [5.41, 5.74) is 9.92. The van der Waals surface area contributed by atoms with Crippen LogP contribution in [0, 0.1) is 0 Å². The predicted molar refractivity (Wildman–Crippen MR) is 233 cm³/mol. The average molecular weight is 683 g/mol. The van der Waals surface area contributed by atoms with Gasteiger partial charge in [-0.25, -0.2) is 0 Å². The van der Waals surface area contributed by atoms with Crippen LogP contribution >= 0.6 is 0 Å². The van der Waals surface area contributed by atoms with E-state index in [-0.39, 0.29) is 0 Å². The summed E-state index contributed by atoms with van der Waals surface area (Å²) in [6, 6.07) is 76.1. The molecule has 0 aliphatic carbocycles. The molecule has 0 unspecified atom stereocenters. The Morgan fingerprint density at radius 3 is 1.04 bits per heavy atom. The first-order valence-corrected chi connectivity index (χ1v) is 18.7. The Hall–Kier alpha value is -7.02. The molecule has 11 aromatic rings. The number of benzene rings is 11. The Morgan fingerprint density at radius 2 is 0.519 bits per heavy atom. The van der Waals surface area contributed by atoms with Crippen LogP contribution in [0.2, 0.25) is 0 Å². The van der Waals surface area contributed by atoms with Crippen molar-refractivity contribution in [3.8, 4) is 44.5 Å². The SMILES string of the molecule is c1ccc2cc(-c3ccc(-c4cc5c6ccccc6c(-c6ccc(-c7cc8ccccc8c8ccccc78)cc6)cc5c5ccccc45)cc3)ccc2c1. The van der Waals surface area contributed by atoms with E-state index in [2.05, 4.69) is 206 Å². The molecule has 0 radical (unpaired) electrons. The highest BCUT2D eigenvalue weighted by molar-refractivity contribution is 6.24. The Morgan fingerprint density at radius 1 is 0.167 bits per heavy atom. The summed E-state index contributed by atoms with van der Waals surface area (Å²) >= 11 is 0. The number of fused-ring (bicyclic) bond motifs is 9. The third-order valence-electron chi connectivity index (χ3n) is 11.4. The molecule has 250 valence electrons. The number of hydrogen-bond donors (Lipinski definition) is 0. The number of hydrogen-bond acceptors (Lipinski definition) is 0. The fourth-order valence-electron chi connectivity index (χ4n) is 8.76. The minimum Gasteiger partial charge on any atom is -0.0616 e. The standard InChI is InChI=1S/C54H34/c1-2-12-40-31-41(30-23-35(40)11-1)36-21-24-38(25-22-36)51-33-53-49-20-10-8-18-47(49)52(34-54(53)48-19-9-7-17-46(48)51)39-28-26-37(27-29-39)50-32-42-13-3-4-14-43(42)44-15-5-6-16-45(44)50/h1-34H. The molecule has 11 rings (SSSR count). The third kappa shape index (κ3) is 4.92. The molecule has 0 fully saturated rings. The zero-order valence-corrected chi connectivity index (χ0v) is 29.6. The molecule has 0 heterocycles. The van der Waals surface area contributed by atoms with E-state index in [4.69, 9.17) is 0 Å². The minimum atomic E-state index is 1.22. The van der Waals surface area contributed by atoms with Crippen molar-refractivity contribution in [1.82, 2.24) is 0 Å². The van der Waals surface area contributed by atoms with Gasteiger partial charge in [0.15, 0.2) is 0 Å². The minimum absolute atomic E-state index is 1.22. The van der Waals surface area contributed by atoms with Gasteiger partial charge in [-0.3, -0.25) is 0 Å². The van der Waals surface area contributed by atoms with Crippen molar-refractivity contribution in [2.75, 3.05) is 0 Å². The van der Waals surface area contributed by atoms with Gasteiger partial charge in [-0.05, 0) is 133 Å². The molecular weight excluding hydrogens is 649 g/mol. The van der Waals surface area contributed by atoms with E-state index in [9.17, 15) is 0 Å². The van der Waals surface area contributed by atoms with E-state index >= 15 is 0 Å². The fourth-order valence-corrected chi connectivity index (χ4v) is 8.76. The van der Waals surface area contributed by atoms with E-state index in [1.807, 2.05) is 0 Å². The van der Waals surface area contributed by atoms with Crippen LogP contribution in [0.25, 0.3) is 109 Å². The lowest BCUT2D eigenvalue weighted by Crippen LogP contribution is -1.90. The first-order chi connectivity index (χ1) is 26.8. The number of rotatable bonds is 4. The summed E-state index contributed by atoms with van der Waals surface area (Å²) in [5.74, 6) is 0. The first-order valence-electron chi connectivity index (χ1n) is 18.7. The predicted octanol–water partition coefficient (Wildman–Crippen LogP) is 15.3. The van der Waals surface area contributed by atoms with Crippen molar-refractivity contribution >= 4 is 64.6 Å². The van der Waals surface area contributed by atoms with Gasteiger partial charge in [-0.2, -0.15) is 0 Å². The molecule has 0 aromatic heterocycles. The van der Waals surface area contributed by atoms with Gasteiger partial charge in [0.05, 0.1) is 0 Å². The summed E-state index contributed by atoms with van der Waals surface area (Å²) in [6.45, 7) is 0. The van der Waals surface area contributed by atoms with Gasteiger partial charge in [-0.1, -0.05) is 182 Å². The lowest BCUT2D eigenvalue weighted by atomic mass is 9.87. The van der Waals surface area contributed by atoms with Crippen molar-refractivity contribution in [2.45, 2.75) is 0 Å². The van der Waals surface area contributed by atoms with Crippen LogP contribution in [-0.4, -0.2) is 0 Å². The molecule has 0 N–H and O–H groups in total. The van der Waals surface area contributed by atoms with E-state index in [1.54, 1.807) is 0 Å². The van der Waals surface area contributed by atoms with E-state index in [0.29, 0.717) is 0 Å². The quantitative estimate of drug-likeness (QED) is 0.162. The Labute approximate surface area is 314 Å². The first kappa shape index (κ1) is 30.6. The molecule has 0 saturated carbocycles. The van der Waals surface area contributed by atoms with Crippen LogP contribution in [-0.2, 0) is 0 Å². The lowest BCUT2D eigenvalue weighted by molar-refractivity contribution is 1.62. The topological polar surface area (TPSA) is 0 Å². The van der Waals surface area contributed by atoms with Crippen molar-refractivity contribution in [3.05, 3.63) is 206 Å². The van der Waals surface area contributed by atoms with Crippen LogP contribution < -0.4 is 0 Å². The highest BCUT2D eigenvalue weighted by Crippen LogP contribution is 2.43.